The van der Waals surface area contributed by atoms with Gasteiger partial charge < -0.3 is 9.80 Å². The van der Waals surface area contributed by atoms with Gasteiger partial charge in [0.2, 0.25) is 0 Å². The molecule has 0 aliphatic carbocycles. The summed E-state index contributed by atoms with van der Waals surface area (Å²) in [5.74, 6) is 0.588. The Labute approximate surface area is 135 Å². The number of rotatable bonds is 1. The molecule has 3 rings (SSSR count). The lowest BCUT2D eigenvalue weighted by Crippen LogP contribution is -2.53. The summed E-state index contributed by atoms with van der Waals surface area (Å²) in [6, 6.07) is 2.23. The summed E-state index contributed by atoms with van der Waals surface area (Å²) in [5.41, 5.74) is 0.520. The first-order chi connectivity index (χ1) is 10.1. The molecule has 2 unspecified atom stereocenters. The molecule has 4 nitrogen and oxygen atoms in total. The lowest BCUT2D eigenvalue weighted by Gasteiger charge is -2.45. The fourth-order valence-corrected chi connectivity index (χ4v) is 3.83. The Morgan fingerprint density at radius 2 is 2.14 bits per heavy atom. The van der Waals surface area contributed by atoms with E-state index >= 15 is 0 Å². The average Bonchev–Trinajstić information content (AvgIpc) is 2.49. The number of piperidine rings is 2. The summed E-state index contributed by atoms with van der Waals surface area (Å²) in [5, 5.41) is 0.565. The molecular weight excluding hydrogens is 309 g/mol. The molecule has 0 aromatic carbocycles. The number of pyridine rings is 1. The van der Waals surface area contributed by atoms with Crippen LogP contribution in [-0.2, 0) is 0 Å². The lowest BCUT2D eigenvalue weighted by molar-refractivity contribution is 0.0316. The van der Waals surface area contributed by atoms with Crippen molar-refractivity contribution < 1.29 is 4.79 Å². The molecular formula is C15H19Cl2N3O. The first-order valence-corrected chi connectivity index (χ1v) is 8.12. The average molecular weight is 328 g/mol. The summed E-state index contributed by atoms with van der Waals surface area (Å²) in [6.45, 7) is 2.80. The summed E-state index contributed by atoms with van der Waals surface area (Å²) in [7, 11) is 2.19. The lowest BCUT2D eigenvalue weighted by atomic mass is 9.84. The van der Waals surface area contributed by atoms with Crippen LogP contribution in [0.15, 0.2) is 12.3 Å². The molecule has 2 aliphatic heterocycles. The maximum atomic E-state index is 12.6. The van der Waals surface area contributed by atoms with E-state index < -0.39 is 0 Å². The summed E-state index contributed by atoms with van der Waals surface area (Å²) >= 11 is 11.8. The molecule has 1 amide bonds. The van der Waals surface area contributed by atoms with E-state index in [0.29, 0.717) is 22.5 Å². The van der Waals surface area contributed by atoms with Gasteiger partial charge in [-0.1, -0.05) is 23.2 Å². The van der Waals surface area contributed by atoms with Crippen molar-refractivity contribution in [1.29, 1.82) is 0 Å². The van der Waals surface area contributed by atoms with Crippen molar-refractivity contribution in [3.63, 3.8) is 0 Å². The van der Waals surface area contributed by atoms with E-state index in [1.165, 1.54) is 25.6 Å². The third kappa shape index (κ3) is 3.03. The van der Waals surface area contributed by atoms with Crippen molar-refractivity contribution in [3.05, 3.63) is 28.0 Å². The SMILES string of the molecule is CN1CCCC2CN(C(=O)c3cnc(Cl)c(Cl)c3)CCC21. The molecule has 0 N–H and O–H groups in total. The number of carbonyl (C=O) groups is 1. The predicted octanol–water partition coefficient (Wildman–Crippen LogP) is 2.94. The van der Waals surface area contributed by atoms with Crippen molar-refractivity contribution in [1.82, 2.24) is 14.8 Å². The molecule has 0 radical (unpaired) electrons. The Morgan fingerprint density at radius 1 is 1.33 bits per heavy atom. The Bertz CT molecular complexity index is 552. The van der Waals surface area contributed by atoms with Crippen LogP contribution >= 0.6 is 23.2 Å². The maximum Gasteiger partial charge on any atom is 0.255 e. The molecule has 2 aliphatic rings. The molecule has 1 aromatic rings. The highest BCUT2D eigenvalue weighted by atomic mass is 35.5. The highest BCUT2D eigenvalue weighted by Gasteiger charge is 2.36. The molecule has 0 saturated carbocycles. The van der Waals surface area contributed by atoms with Crippen LogP contribution in [0.3, 0.4) is 0 Å². The summed E-state index contributed by atoms with van der Waals surface area (Å²) in [4.78, 5) is 20.9. The standard InChI is InChI=1S/C15H19Cl2N3O/c1-19-5-2-3-10-9-20(6-4-13(10)19)15(21)11-7-12(16)14(17)18-8-11/h7-8,10,13H,2-6,9H2,1H3. The Morgan fingerprint density at radius 3 is 2.90 bits per heavy atom. The normalized spacial score (nSPS) is 26.5. The summed E-state index contributed by atoms with van der Waals surface area (Å²) in [6.07, 6.45) is 4.98. The zero-order valence-corrected chi connectivity index (χ0v) is 13.6. The Kier molecular flexibility index (Phi) is 4.38. The Balaban J connectivity index is 1.72. The number of hydrogen-bond acceptors (Lipinski definition) is 3. The van der Waals surface area contributed by atoms with Crippen molar-refractivity contribution >= 4 is 29.1 Å². The molecule has 0 spiro atoms. The fraction of sp³-hybridized carbons (Fsp3) is 0.600. The van der Waals surface area contributed by atoms with Crippen molar-refractivity contribution in [2.45, 2.75) is 25.3 Å². The first kappa shape index (κ1) is 15.1. The number of aromatic nitrogens is 1. The quantitative estimate of drug-likeness (QED) is 0.744. The monoisotopic (exact) mass is 327 g/mol. The van der Waals surface area contributed by atoms with E-state index in [0.717, 1.165) is 19.5 Å². The van der Waals surface area contributed by atoms with Crippen LogP contribution in [-0.4, -0.2) is 53.4 Å². The van der Waals surface area contributed by atoms with Gasteiger partial charge in [-0.25, -0.2) is 4.98 Å². The summed E-state index contributed by atoms with van der Waals surface area (Å²) < 4.78 is 0. The van der Waals surface area contributed by atoms with E-state index in [4.69, 9.17) is 23.2 Å². The second-order valence-electron chi connectivity index (χ2n) is 5.99. The second-order valence-corrected chi connectivity index (χ2v) is 6.75. The Hall–Kier alpha value is -0.840. The number of fused-ring (bicyclic) bond motifs is 1. The van der Waals surface area contributed by atoms with Crippen LogP contribution in [0.25, 0.3) is 0 Å². The van der Waals surface area contributed by atoms with Gasteiger partial charge in [-0.15, -0.1) is 0 Å². The highest BCUT2D eigenvalue weighted by molar-refractivity contribution is 6.41. The van der Waals surface area contributed by atoms with Gasteiger partial charge in [0.05, 0.1) is 10.6 Å². The van der Waals surface area contributed by atoms with Crippen LogP contribution < -0.4 is 0 Å². The van der Waals surface area contributed by atoms with Gasteiger partial charge in [0.15, 0.2) is 0 Å². The third-order valence-corrected chi connectivity index (χ3v) is 5.36. The minimum Gasteiger partial charge on any atom is -0.338 e. The van der Waals surface area contributed by atoms with Crippen LogP contribution in [0, 0.1) is 5.92 Å². The van der Waals surface area contributed by atoms with E-state index in [-0.39, 0.29) is 11.1 Å². The van der Waals surface area contributed by atoms with Gasteiger partial charge in [0, 0.05) is 25.3 Å². The molecule has 21 heavy (non-hydrogen) atoms. The molecule has 2 saturated heterocycles. The van der Waals surface area contributed by atoms with Gasteiger partial charge in [0.1, 0.15) is 5.15 Å². The van der Waals surface area contributed by atoms with Crippen LogP contribution in [0.4, 0.5) is 0 Å². The number of nitrogens with zero attached hydrogens (tertiary/aromatic N) is 3. The van der Waals surface area contributed by atoms with Gasteiger partial charge in [-0.3, -0.25) is 4.79 Å². The van der Waals surface area contributed by atoms with Gasteiger partial charge >= 0.3 is 0 Å². The van der Waals surface area contributed by atoms with E-state index in [1.54, 1.807) is 6.07 Å². The molecule has 0 bridgehead atoms. The topological polar surface area (TPSA) is 36.4 Å². The van der Waals surface area contributed by atoms with E-state index in [2.05, 4.69) is 16.9 Å². The number of hydrogen-bond donors (Lipinski definition) is 0. The van der Waals surface area contributed by atoms with E-state index in [1.807, 2.05) is 4.90 Å². The van der Waals surface area contributed by atoms with Crippen molar-refractivity contribution in [3.8, 4) is 0 Å². The molecule has 2 atom stereocenters. The van der Waals surface area contributed by atoms with Crippen molar-refractivity contribution in [2.75, 3.05) is 26.7 Å². The van der Waals surface area contributed by atoms with Crippen LogP contribution in [0.5, 0.6) is 0 Å². The predicted molar refractivity (Wildman–Crippen MR) is 83.9 cm³/mol. The molecule has 2 fully saturated rings. The second kappa shape index (κ2) is 6.11. The zero-order chi connectivity index (χ0) is 15.0. The third-order valence-electron chi connectivity index (χ3n) is 4.68. The maximum absolute atomic E-state index is 12.6. The number of likely N-dealkylation sites (tertiary alicyclic amines) is 2. The molecule has 6 heteroatoms. The van der Waals surface area contributed by atoms with Gasteiger partial charge in [0.25, 0.3) is 5.91 Å². The van der Waals surface area contributed by atoms with Gasteiger partial charge in [-0.2, -0.15) is 0 Å². The molecule has 3 heterocycles. The molecule has 114 valence electrons. The minimum atomic E-state index is 0.00717. The number of carbonyl (C=O) groups excluding carboxylic acids is 1. The molecule has 1 aromatic heterocycles. The zero-order valence-electron chi connectivity index (χ0n) is 12.1. The van der Waals surface area contributed by atoms with E-state index in [9.17, 15) is 4.79 Å². The van der Waals surface area contributed by atoms with Gasteiger partial charge in [-0.05, 0) is 44.8 Å². The fourth-order valence-electron chi connectivity index (χ4n) is 3.56. The largest absolute Gasteiger partial charge is 0.338 e. The van der Waals surface area contributed by atoms with Crippen molar-refractivity contribution in [2.24, 2.45) is 5.92 Å². The number of amides is 1. The van der Waals surface area contributed by atoms with Crippen LogP contribution in [0.2, 0.25) is 10.2 Å². The minimum absolute atomic E-state index is 0.00717. The highest BCUT2D eigenvalue weighted by Crippen LogP contribution is 2.30. The first-order valence-electron chi connectivity index (χ1n) is 7.37. The smallest absolute Gasteiger partial charge is 0.255 e. The van der Waals surface area contributed by atoms with Crippen LogP contribution in [0.1, 0.15) is 29.6 Å². The number of halogens is 2.